The Labute approximate surface area is 111 Å². The van der Waals surface area contributed by atoms with Gasteiger partial charge in [-0.05, 0) is 38.1 Å². The molecule has 0 aliphatic rings. The molecule has 0 aliphatic carbocycles. The van der Waals surface area contributed by atoms with Crippen molar-refractivity contribution in [3.8, 4) is 11.3 Å². The molecule has 102 valence electrons. The van der Waals surface area contributed by atoms with Gasteiger partial charge in [-0.1, -0.05) is 0 Å². The maximum absolute atomic E-state index is 12.9. The molecule has 0 bridgehead atoms. The van der Waals surface area contributed by atoms with E-state index >= 15 is 0 Å². The molecule has 2 aromatic rings. The Morgan fingerprint density at radius 2 is 2.00 bits per heavy atom. The van der Waals surface area contributed by atoms with Crippen LogP contribution in [0.1, 0.15) is 25.5 Å². The van der Waals surface area contributed by atoms with Gasteiger partial charge >= 0.3 is 0 Å². The molecule has 1 atom stereocenters. The molecular formula is C14H17FN2O2. The van der Waals surface area contributed by atoms with Gasteiger partial charge in [0.15, 0.2) is 0 Å². The van der Waals surface area contributed by atoms with Crippen LogP contribution < -0.4 is 0 Å². The van der Waals surface area contributed by atoms with Crippen LogP contribution in [0.4, 0.5) is 4.39 Å². The smallest absolute Gasteiger partial charge is 0.123 e. The molecule has 4 nitrogen and oxygen atoms in total. The Morgan fingerprint density at radius 3 is 2.63 bits per heavy atom. The maximum atomic E-state index is 12.9. The van der Waals surface area contributed by atoms with Crippen LogP contribution in [0.3, 0.4) is 0 Å². The van der Waals surface area contributed by atoms with Crippen LogP contribution in [0, 0.1) is 5.82 Å². The van der Waals surface area contributed by atoms with E-state index < -0.39 is 6.10 Å². The second kappa shape index (κ2) is 5.95. The summed E-state index contributed by atoms with van der Waals surface area (Å²) in [6.07, 6.45) is 0.851. The van der Waals surface area contributed by atoms with Crippen LogP contribution in [-0.4, -0.2) is 28.0 Å². The number of H-pyrrole nitrogens is 1. The molecule has 1 unspecified atom stereocenters. The summed E-state index contributed by atoms with van der Waals surface area (Å²) < 4.78 is 18.3. The second-order valence-corrected chi connectivity index (χ2v) is 4.61. The van der Waals surface area contributed by atoms with Crippen molar-refractivity contribution in [1.29, 1.82) is 0 Å². The minimum absolute atomic E-state index is 0.0517. The fraction of sp³-hybridized carbons (Fsp3) is 0.357. The summed E-state index contributed by atoms with van der Waals surface area (Å²) >= 11 is 0. The Morgan fingerprint density at radius 1 is 1.32 bits per heavy atom. The SMILES string of the molecule is CC(C)OCC(O)c1cn[nH]c1-c1ccc(F)cc1. The molecule has 2 rings (SSSR count). The highest BCUT2D eigenvalue weighted by atomic mass is 19.1. The van der Waals surface area contributed by atoms with Crippen molar-refractivity contribution < 1.29 is 14.2 Å². The molecule has 1 aromatic carbocycles. The fourth-order valence-electron chi connectivity index (χ4n) is 1.77. The van der Waals surface area contributed by atoms with Gasteiger partial charge in [-0.2, -0.15) is 5.10 Å². The molecule has 0 fully saturated rings. The first-order valence-corrected chi connectivity index (χ1v) is 6.17. The Hall–Kier alpha value is -1.72. The van der Waals surface area contributed by atoms with Crippen molar-refractivity contribution in [3.63, 3.8) is 0 Å². The largest absolute Gasteiger partial charge is 0.386 e. The third kappa shape index (κ3) is 3.39. The molecule has 0 aliphatic heterocycles. The van der Waals surface area contributed by atoms with Crippen LogP contribution >= 0.6 is 0 Å². The topological polar surface area (TPSA) is 58.1 Å². The molecule has 5 heteroatoms. The quantitative estimate of drug-likeness (QED) is 0.873. The first-order chi connectivity index (χ1) is 9.08. The molecule has 0 radical (unpaired) electrons. The van der Waals surface area contributed by atoms with Crippen molar-refractivity contribution in [2.45, 2.75) is 26.1 Å². The van der Waals surface area contributed by atoms with Gasteiger partial charge in [-0.25, -0.2) is 4.39 Å². The third-order valence-electron chi connectivity index (χ3n) is 2.75. The lowest BCUT2D eigenvalue weighted by Crippen LogP contribution is -2.12. The molecule has 1 aromatic heterocycles. The van der Waals surface area contributed by atoms with Crippen molar-refractivity contribution in [3.05, 3.63) is 41.8 Å². The summed E-state index contributed by atoms with van der Waals surface area (Å²) in [6.45, 7) is 4.01. The van der Waals surface area contributed by atoms with E-state index in [4.69, 9.17) is 4.74 Å². The van der Waals surface area contributed by atoms with E-state index in [1.807, 2.05) is 13.8 Å². The van der Waals surface area contributed by atoms with E-state index in [0.717, 1.165) is 5.56 Å². The summed E-state index contributed by atoms with van der Waals surface area (Å²) in [6, 6.07) is 6.03. The molecule has 0 saturated carbocycles. The molecule has 0 saturated heterocycles. The van der Waals surface area contributed by atoms with Crippen LogP contribution in [0.15, 0.2) is 30.5 Å². The van der Waals surface area contributed by atoms with E-state index in [0.29, 0.717) is 11.3 Å². The Bertz CT molecular complexity index is 522. The maximum Gasteiger partial charge on any atom is 0.123 e. The third-order valence-corrected chi connectivity index (χ3v) is 2.75. The number of hydrogen-bond donors (Lipinski definition) is 2. The summed E-state index contributed by atoms with van der Waals surface area (Å²) in [7, 11) is 0. The highest BCUT2D eigenvalue weighted by molar-refractivity contribution is 5.62. The van der Waals surface area contributed by atoms with Gasteiger partial charge in [-0.3, -0.25) is 5.10 Å². The first kappa shape index (κ1) is 13.7. The number of nitrogens with one attached hydrogen (secondary N) is 1. The Kier molecular flexibility index (Phi) is 4.29. The van der Waals surface area contributed by atoms with Gasteiger partial charge in [0.25, 0.3) is 0 Å². The molecule has 1 heterocycles. The predicted octanol–water partition coefficient (Wildman–Crippen LogP) is 2.67. The summed E-state index contributed by atoms with van der Waals surface area (Å²) in [5, 5.41) is 16.9. The van der Waals surface area contributed by atoms with Crippen molar-refractivity contribution in [2.75, 3.05) is 6.61 Å². The minimum Gasteiger partial charge on any atom is -0.386 e. The average Bonchev–Trinajstić information content (AvgIpc) is 2.86. The minimum atomic E-state index is -0.763. The van der Waals surface area contributed by atoms with E-state index in [2.05, 4.69) is 10.2 Å². The highest BCUT2D eigenvalue weighted by Gasteiger charge is 2.16. The number of benzene rings is 1. The van der Waals surface area contributed by atoms with Gasteiger partial charge in [-0.15, -0.1) is 0 Å². The Balaban J connectivity index is 2.19. The van der Waals surface area contributed by atoms with E-state index in [1.54, 1.807) is 18.3 Å². The van der Waals surface area contributed by atoms with Crippen LogP contribution in [-0.2, 0) is 4.74 Å². The molecule has 0 amide bonds. The van der Waals surface area contributed by atoms with Gasteiger partial charge < -0.3 is 9.84 Å². The van der Waals surface area contributed by atoms with Crippen LogP contribution in [0.2, 0.25) is 0 Å². The number of aliphatic hydroxyl groups excluding tert-OH is 1. The van der Waals surface area contributed by atoms with E-state index in [9.17, 15) is 9.50 Å². The number of aromatic amines is 1. The van der Waals surface area contributed by atoms with Crippen LogP contribution in [0.5, 0.6) is 0 Å². The molecule has 2 N–H and O–H groups in total. The zero-order valence-electron chi connectivity index (χ0n) is 10.9. The number of aliphatic hydroxyl groups is 1. The number of nitrogens with zero attached hydrogens (tertiary/aromatic N) is 1. The highest BCUT2D eigenvalue weighted by Crippen LogP contribution is 2.26. The van der Waals surface area contributed by atoms with Crippen molar-refractivity contribution >= 4 is 0 Å². The van der Waals surface area contributed by atoms with E-state index in [1.165, 1.54) is 12.1 Å². The first-order valence-electron chi connectivity index (χ1n) is 6.17. The fourth-order valence-corrected chi connectivity index (χ4v) is 1.77. The van der Waals surface area contributed by atoms with Crippen LogP contribution in [0.25, 0.3) is 11.3 Å². The summed E-state index contributed by atoms with van der Waals surface area (Å²) in [5.41, 5.74) is 2.10. The number of hydrogen-bond acceptors (Lipinski definition) is 3. The summed E-state index contributed by atoms with van der Waals surface area (Å²) in [5.74, 6) is -0.298. The summed E-state index contributed by atoms with van der Waals surface area (Å²) in [4.78, 5) is 0. The second-order valence-electron chi connectivity index (χ2n) is 4.61. The predicted molar refractivity (Wildman–Crippen MR) is 70.0 cm³/mol. The lowest BCUT2D eigenvalue weighted by atomic mass is 10.0. The van der Waals surface area contributed by atoms with Gasteiger partial charge in [0.1, 0.15) is 11.9 Å². The molecular weight excluding hydrogens is 247 g/mol. The molecule has 19 heavy (non-hydrogen) atoms. The lowest BCUT2D eigenvalue weighted by molar-refractivity contribution is 0.00515. The monoisotopic (exact) mass is 264 g/mol. The molecule has 0 spiro atoms. The van der Waals surface area contributed by atoms with Gasteiger partial charge in [0, 0.05) is 11.1 Å². The van der Waals surface area contributed by atoms with Gasteiger partial charge in [0.05, 0.1) is 24.6 Å². The standard InChI is InChI=1S/C14H17FN2O2/c1-9(2)19-8-13(18)12-7-16-17-14(12)10-3-5-11(15)6-4-10/h3-7,9,13,18H,8H2,1-2H3,(H,16,17). The van der Waals surface area contributed by atoms with E-state index in [-0.39, 0.29) is 18.5 Å². The number of aromatic nitrogens is 2. The number of halogens is 1. The zero-order valence-corrected chi connectivity index (χ0v) is 10.9. The number of rotatable bonds is 5. The van der Waals surface area contributed by atoms with Crippen molar-refractivity contribution in [1.82, 2.24) is 10.2 Å². The average molecular weight is 264 g/mol. The van der Waals surface area contributed by atoms with Crippen molar-refractivity contribution in [2.24, 2.45) is 0 Å². The lowest BCUT2D eigenvalue weighted by Gasteiger charge is -2.13. The normalized spacial score (nSPS) is 12.9. The van der Waals surface area contributed by atoms with Gasteiger partial charge in [0.2, 0.25) is 0 Å². The number of ether oxygens (including phenoxy) is 1. The zero-order chi connectivity index (χ0) is 13.8.